The summed E-state index contributed by atoms with van der Waals surface area (Å²) in [4.78, 5) is 16.8. The van der Waals surface area contributed by atoms with Gasteiger partial charge in [-0.3, -0.25) is 4.79 Å². The Hall–Kier alpha value is -3.39. The van der Waals surface area contributed by atoms with Gasteiger partial charge in [0.1, 0.15) is 5.82 Å². The van der Waals surface area contributed by atoms with Gasteiger partial charge in [0.2, 0.25) is 0 Å². The zero-order chi connectivity index (χ0) is 29.4. The average molecular weight is 635 g/mol. The zero-order valence-corrected chi connectivity index (χ0v) is 25.3. The minimum atomic E-state index is -1.62. The van der Waals surface area contributed by atoms with Gasteiger partial charge in [0.05, 0.1) is 15.9 Å². The number of thiocarbonyl (C=S) groups is 1. The molecule has 1 fully saturated rings. The summed E-state index contributed by atoms with van der Waals surface area (Å²) in [5.74, 6) is -1.28. The number of para-hydroxylation sites is 1. The normalized spacial score (nSPS) is 21.5. The number of nitrogens with one attached hydrogen (secondary N) is 2. The first-order valence-electron chi connectivity index (χ1n) is 13.4. The van der Waals surface area contributed by atoms with Crippen molar-refractivity contribution in [2.45, 2.75) is 11.6 Å². The van der Waals surface area contributed by atoms with E-state index in [1.807, 2.05) is 77.7 Å². The number of anilines is 1. The molecule has 1 saturated heterocycles. The molecular weight excluding hydrogens is 609 g/mol. The second kappa shape index (κ2) is 11.7. The molecule has 2 aliphatic heterocycles. The lowest BCUT2D eigenvalue weighted by molar-refractivity contribution is -0.128. The highest BCUT2D eigenvalue weighted by Crippen LogP contribution is 2.53. The monoisotopic (exact) mass is 633 g/mol. The lowest BCUT2D eigenvalue weighted by Crippen LogP contribution is -2.59. The van der Waals surface area contributed by atoms with Crippen molar-refractivity contribution in [3.63, 3.8) is 0 Å². The molecule has 6 rings (SSSR count). The number of fused-ring (bicyclic) bond motifs is 1. The summed E-state index contributed by atoms with van der Waals surface area (Å²) in [6, 6.07) is 31.1. The number of rotatable bonds is 6. The van der Waals surface area contributed by atoms with Crippen LogP contribution in [0.5, 0.6) is 0 Å². The predicted molar refractivity (Wildman–Crippen MR) is 173 cm³/mol. The van der Waals surface area contributed by atoms with Gasteiger partial charge in [-0.1, -0.05) is 108 Å². The predicted octanol–water partition coefficient (Wildman–Crippen LogP) is 7.64. The van der Waals surface area contributed by atoms with E-state index in [2.05, 4.69) is 10.6 Å². The van der Waals surface area contributed by atoms with Gasteiger partial charge in [0.15, 0.2) is 11.5 Å². The highest BCUT2D eigenvalue weighted by Gasteiger charge is 2.58. The molecule has 3 atom stereocenters. The van der Waals surface area contributed by atoms with Crippen molar-refractivity contribution < 1.29 is 9.90 Å². The number of ketones is 1. The molecule has 2 heterocycles. The quantitative estimate of drug-likeness (QED) is 0.150. The minimum absolute atomic E-state index is 0.269. The first kappa shape index (κ1) is 28.7. The Morgan fingerprint density at radius 1 is 0.905 bits per heavy atom. The van der Waals surface area contributed by atoms with Gasteiger partial charge in [-0.15, -0.1) is 0 Å². The molecule has 212 valence electrons. The maximum absolute atomic E-state index is 14.6. The van der Waals surface area contributed by atoms with E-state index >= 15 is 0 Å². The number of allylic oxidation sites excluding steroid dienone is 1. The summed E-state index contributed by atoms with van der Waals surface area (Å²) >= 11 is 25.4. The third kappa shape index (κ3) is 5.08. The van der Waals surface area contributed by atoms with Crippen LogP contribution in [-0.2, 0) is 5.72 Å². The number of hydrogen-bond donors (Lipinski definition) is 3. The highest BCUT2D eigenvalue weighted by molar-refractivity contribution is 7.80. The van der Waals surface area contributed by atoms with Crippen LogP contribution < -0.4 is 10.6 Å². The standard InChI is InChI=1S/C33H26Cl3N3O2S/c34-22-13-11-20(12-14-22)27-28(30(40)25-19-23(35)15-16-26(25)36)31-37-17-18-39(31)33(41,21-7-3-1-4-8-21)29(27)32(42)38-24-9-5-2-6-10-24/h1-16,19,27,29,37,41H,17-18H2,(H,38,42)/t27-,29-,33+/m1/s1. The van der Waals surface area contributed by atoms with E-state index in [4.69, 9.17) is 47.0 Å². The van der Waals surface area contributed by atoms with Crippen LogP contribution in [0.25, 0.3) is 0 Å². The maximum Gasteiger partial charge on any atom is 0.194 e. The molecule has 4 aromatic rings. The topological polar surface area (TPSA) is 64.6 Å². The van der Waals surface area contributed by atoms with Crippen molar-refractivity contribution in [3.05, 3.63) is 146 Å². The second-order valence-corrected chi connectivity index (χ2v) is 12.0. The molecule has 0 unspecified atom stereocenters. The van der Waals surface area contributed by atoms with Gasteiger partial charge >= 0.3 is 0 Å². The van der Waals surface area contributed by atoms with E-state index in [-0.39, 0.29) is 16.4 Å². The number of benzene rings is 4. The number of carbonyl (C=O) groups is 1. The Balaban J connectivity index is 1.64. The molecular formula is C33H26Cl3N3O2S. The smallest absolute Gasteiger partial charge is 0.194 e. The zero-order valence-electron chi connectivity index (χ0n) is 22.2. The van der Waals surface area contributed by atoms with Crippen LogP contribution in [0.3, 0.4) is 0 Å². The van der Waals surface area contributed by atoms with Crippen LogP contribution in [-0.4, -0.2) is 33.9 Å². The Bertz CT molecular complexity index is 1680. The van der Waals surface area contributed by atoms with E-state index in [1.54, 1.807) is 30.3 Å². The molecule has 4 aromatic carbocycles. The first-order valence-corrected chi connectivity index (χ1v) is 15.0. The fourth-order valence-electron chi connectivity index (χ4n) is 5.98. The van der Waals surface area contributed by atoms with Gasteiger partial charge in [-0.2, -0.15) is 0 Å². The highest BCUT2D eigenvalue weighted by atomic mass is 35.5. The number of carbonyl (C=O) groups excluding carboxylic acids is 1. The van der Waals surface area contributed by atoms with Gasteiger partial charge < -0.3 is 20.6 Å². The molecule has 0 spiro atoms. The molecule has 42 heavy (non-hydrogen) atoms. The SMILES string of the molecule is O=C(C1=C2NCCN2[C@](O)(c2ccccc2)[C@@H](C(=S)Nc2ccccc2)[C@@H]1c1ccc(Cl)cc1)c1cc(Cl)ccc1Cl. The number of nitrogens with zero attached hydrogens (tertiary/aromatic N) is 1. The van der Waals surface area contributed by atoms with Gasteiger partial charge in [-0.05, 0) is 48.0 Å². The summed E-state index contributed by atoms with van der Waals surface area (Å²) in [6.45, 7) is 0.960. The first-order chi connectivity index (χ1) is 20.3. The molecule has 5 nitrogen and oxygen atoms in total. The lowest BCUT2D eigenvalue weighted by atomic mass is 9.68. The summed E-state index contributed by atoms with van der Waals surface area (Å²) in [5.41, 5.74) is 1.27. The lowest BCUT2D eigenvalue weighted by Gasteiger charge is -2.52. The number of Topliss-reactive ketones (excluding diaryl/α,β-unsaturated/α-hetero) is 1. The average Bonchev–Trinajstić information content (AvgIpc) is 3.50. The van der Waals surface area contributed by atoms with Crippen molar-refractivity contribution in [3.8, 4) is 0 Å². The third-order valence-electron chi connectivity index (χ3n) is 7.81. The second-order valence-electron chi connectivity index (χ2n) is 10.2. The Morgan fingerprint density at radius 2 is 1.55 bits per heavy atom. The summed E-state index contributed by atoms with van der Waals surface area (Å²) in [7, 11) is 0. The van der Waals surface area contributed by atoms with Crippen molar-refractivity contribution in [2.24, 2.45) is 5.92 Å². The maximum atomic E-state index is 14.6. The van der Waals surface area contributed by atoms with E-state index in [9.17, 15) is 9.90 Å². The Labute approximate surface area is 264 Å². The molecule has 9 heteroatoms. The summed E-state index contributed by atoms with van der Waals surface area (Å²) < 4.78 is 0. The Kier molecular flexibility index (Phi) is 8.01. The van der Waals surface area contributed by atoms with Crippen LogP contribution in [0, 0.1) is 5.92 Å². The van der Waals surface area contributed by atoms with Gasteiger partial charge in [0, 0.05) is 51.4 Å². The molecule has 0 aliphatic carbocycles. The van der Waals surface area contributed by atoms with Gasteiger partial charge in [0.25, 0.3) is 0 Å². The Morgan fingerprint density at radius 3 is 2.24 bits per heavy atom. The van der Waals surface area contributed by atoms with Crippen LogP contribution >= 0.6 is 47.0 Å². The number of aliphatic hydroxyl groups is 1. The van der Waals surface area contributed by atoms with Crippen LogP contribution in [0.1, 0.15) is 27.4 Å². The fraction of sp³-hybridized carbons (Fsp3) is 0.152. The molecule has 0 radical (unpaired) electrons. The van der Waals surface area contributed by atoms with E-state index in [1.165, 1.54) is 0 Å². The molecule has 0 amide bonds. The van der Waals surface area contributed by atoms with Gasteiger partial charge in [-0.25, -0.2) is 0 Å². The molecule has 2 aliphatic rings. The molecule has 0 saturated carbocycles. The fourth-order valence-corrected chi connectivity index (χ4v) is 6.90. The summed E-state index contributed by atoms with van der Waals surface area (Å²) in [6.07, 6.45) is 0. The molecule has 0 aromatic heterocycles. The third-order valence-corrected chi connectivity index (χ3v) is 8.98. The molecule has 3 N–H and O–H groups in total. The van der Waals surface area contributed by atoms with Crippen LogP contribution in [0.4, 0.5) is 5.69 Å². The summed E-state index contributed by atoms with van der Waals surface area (Å²) in [5, 5.41) is 21.0. The van der Waals surface area contributed by atoms with E-state index in [0.29, 0.717) is 45.1 Å². The molecule has 0 bridgehead atoms. The number of hydrogen-bond acceptors (Lipinski definition) is 5. The van der Waals surface area contributed by atoms with E-state index in [0.717, 1.165) is 11.3 Å². The van der Waals surface area contributed by atoms with Crippen LogP contribution in [0.2, 0.25) is 15.1 Å². The van der Waals surface area contributed by atoms with Crippen molar-refractivity contribution in [1.29, 1.82) is 0 Å². The number of halogens is 3. The minimum Gasteiger partial charge on any atom is -0.370 e. The van der Waals surface area contributed by atoms with Crippen molar-refractivity contribution in [2.75, 3.05) is 18.4 Å². The van der Waals surface area contributed by atoms with Crippen molar-refractivity contribution >= 4 is 63.5 Å². The van der Waals surface area contributed by atoms with Crippen molar-refractivity contribution in [1.82, 2.24) is 10.2 Å². The largest absolute Gasteiger partial charge is 0.370 e. The van der Waals surface area contributed by atoms with Crippen LogP contribution in [0.15, 0.2) is 115 Å². The van der Waals surface area contributed by atoms with E-state index < -0.39 is 17.6 Å².